The Morgan fingerprint density at radius 2 is 1.80 bits per heavy atom. The number of alkyl carbamates (subject to hydrolysis) is 1. The molecule has 5 aliphatic rings. The van der Waals surface area contributed by atoms with Crippen molar-refractivity contribution in [1.29, 1.82) is 0 Å². The van der Waals surface area contributed by atoms with Gasteiger partial charge >= 0.3 is 6.09 Å². The van der Waals surface area contributed by atoms with Gasteiger partial charge in [-0.2, -0.15) is 0 Å². The van der Waals surface area contributed by atoms with Crippen LogP contribution in [0.25, 0.3) is 10.9 Å². The third kappa shape index (κ3) is 7.48. The number of nitrogens with one attached hydrogen (secondary N) is 1. The average molecular weight is 712 g/mol. The van der Waals surface area contributed by atoms with Crippen molar-refractivity contribution in [1.82, 2.24) is 20.1 Å². The van der Waals surface area contributed by atoms with E-state index in [0.29, 0.717) is 52.3 Å². The van der Waals surface area contributed by atoms with Crippen molar-refractivity contribution < 1.29 is 33.3 Å². The molecular formula is C37H50ClN5O7. The predicted molar refractivity (Wildman–Crippen MR) is 187 cm³/mol. The van der Waals surface area contributed by atoms with Crippen LogP contribution in [-0.2, 0) is 19.1 Å². The Kier molecular flexibility index (Phi) is 9.81. The number of rotatable bonds is 11. The third-order valence-corrected chi connectivity index (χ3v) is 11.6. The fraction of sp³-hybridized carbons (Fsp3) is 0.676. The van der Waals surface area contributed by atoms with E-state index in [0.717, 1.165) is 69.6 Å². The molecule has 0 radical (unpaired) electrons. The molecule has 3 amide bonds. The second-order valence-corrected chi connectivity index (χ2v) is 16.3. The Balaban J connectivity index is 1.06. The average Bonchev–Trinajstić information content (AvgIpc) is 3.91. The molecule has 1 unspecified atom stereocenters. The van der Waals surface area contributed by atoms with Crippen LogP contribution in [0.4, 0.5) is 4.79 Å². The molecule has 0 bridgehead atoms. The molecule has 2 saturated heterocycles. The molecule has 13 heteroatoms. The lowest BCUT2D eigenvalue weighted by Crippen LogP contribution is -2.57. The van der Waals surface area contributed by atoms with Crippen molar-refractivity contribution in [2.24, 2.45) is 28.9 Å². The number of carbonyl (C=O) groups is 3. The van der Waals surface area contributed by atoms with E-state index >= 15 is 0 Å². The maximum absolute atomic E-state index is 14.2. The maximum atomic E-state index is 14.2. The molecule has 3 aliphatic carbocycles. The van der Waals surface area contributed by atoms with Crippen molar-refractivity contribution in [2.75, 3.05) is 46.0 Å². The van der Waals surface area contributed by atoms with Gasteiger partial charge in [-0.3, -0.25) is 19.5 Å². The van der Waals surface area contributed by atoms with E-state index in [1.807, 2.05) is 39.0 Å². The van der Waals surface area contributed by atoms with E-state index in [9.17, 15) is 14.4 Å². The van der Waals surface area contributed by atoms with E-state index in [2.05, 4.69) is 17.1 Å². The number of halogens is 1. The Morgan fingerprint density at radius 1 is 1.08 bits per heavy atom. The van der Waals surface area contributed by atoms with Crippen molar-refractivity contribution >= 4 is 40.4 Å². The van der Waals surface area contributed by atoms with Gasteiger partial charge in [0.1, 0.15) is 47.4 Å². The van der Waals surface area contributed by atoms with Gasteiger partial charge in [0.05, 0.1) is 25.3 Å². The predicted octanol–water partition coefficient (Wildman–Crippen LogP) is 4.50. The zero-order valence-corrected chi connectivity index (χ0v) is 30.2. The van der Waals surface area contributed by atoms with Gasteiger partial charge < -0.3 is 34.9 Å². The van der Waals surface area contributed by atoms with Crippen LogP contribution < -0.4 is 20.5 Å². The highest BCUT2D eigenvalue weighted by atomic mass is 35.5. The molecule has 1 aromatic carbocycles. The number of benzene rings is 1. The van der Waals surface area contributed by atoms with Crippen molar-refractivity contribution in [3.63, 3.8) is 0 Å². The standard InChI is InChI=1S/C37H50ClN5O7/c1-20-25-15-22(16-26(20)25)50-36(46)41-33(37(2,3)4)35(45)43-19-23(17-28(43)34(39)44)49-30-18-27(21-5-6-21)40-32-24(30)7-8-29(31(32)38)48-14-11-42-9-12-47-13-10-42/h7-8,18,20-23,25-26,28,33H,5-6,9-17,19H2,1-4H3,(H2,39,44)(H,41,46)/t20-,22+,23?,25+,26-,28-,33+/m0/s1. The number of amides is 3. The summed E-state index contributed by atoms with van der Waals surface area (Å²) >= 11 is 6.93. The van der Waals surface area contributed by atoms with Crippen LogP contribution in [0.15, 0.2) is 18.2 Å². The second kappa shape index (κ2) is 14.0. The minimum atomic E-state index is -0.936. The van der Waals surface area contributed by atoms with Gasteiger partial charge in [-0.25, -0.2) is 4.79 Å². The molecule has 50 heavy (non-hydrogen) atoms. The highest BCUT2D eigenvalue weighted by Gasteiger charge is 2.54. The summed E-state index contributed by atoms with van der Waals surface area (Å²) < 4.78 is 23.9. The minimum Gasteiger partial charge on any atom is -0.491 e. The number of fused-ring (bicyclic) bond motifs is 2. The number of pyridine rings is 1. The van der Waals surface area contributed by atoms with Crippen LogP contribution >= 0.6 is 11.6 Å². The fourth-order valence-electron chi connectivity index (χ4n) is 8.04. The second-order valence-electron chi connectivity index (χ2n) is 15.9. The first-order valence-electron chi connectivity index (χ1n) is 18.2. The minimum absolute atomic E-state index is 0.124. The van der Waals surface area contributed by atoms with Gasteiger partial charge in [0.25, 0.3) is 0 Å². The summed E-state index contributed by atoms with van der Waals surface area (Å²) in [5.74, 6) is 2.39. The molecule has 2 aromatic rings. The zero-order chi connectivity index (χ0) is 35.3. The summed E-state index contributed by atoms with van der Waals surface area (Å²) in [6.07, 6.45) is 2.73. The number of hydrogen-bond donors (Lipinski definition) is 2. The summed E-state index contributed by atoms with van der Waals surface area (Å²) in [7, 11) is 0. The van der Waals surface area contributed by atoms with Crippen LogP contribution in [-0.4, -0.2) is 103 Å². The normalized spacial score (nSPS) is 28.6. The number of morpholine rings is 1. The van der Waals surface area contributed by atoms with Gasteiger partial charge in [-0.1, -0.05) is 39.3 Å². The van der Waals surface area contributed by atoms with Crippen LogP contribution in [0.3, 0.4) is 0 Å². The highest BCUT2D eigenvalue weighted by molar-refractivity contribution is 6.36. The van der Waals surface area contributed by atoms with Crippen LogP contribution in [0.1, 0.15) is 71.4 Å². The number of aromatic nitrogens is 1. The number of primary amides is 1. The first-order valence-corrected chi connectivity index (χ1v) is 18.5. The smallest absolute Gasteiger partial charge is 0.408 e. The zero-order valence-electron chi connectivity index (χ0n) is 29.5. The molecule has 12 nitrogen and oxygen atoms in total. The number of hydrogen-bond acceptors (Lipinski definition) is 9. The Morgan fingerprint density at radius 3 is 2.46 bits per heavy atom. The molecule has 7 atom stereocenters. The third-order valence-electron chi connectivity index (χ3n) is 11.3. The molecule has 3 N–H and O–H groups in total. The monoisotopic (exact) mass is 711 g/mol. The molecule has 2 aliphatic heterocycles. The fourth-order valence-corrected chi connectivity index (χ4v) is 8.30. The first kappa shape index (κ1) is 35.1. The maximum Gasteiger partial charge on any atom is 0.408 e. The number of ether oxygens (including phenoxy) is 4. The van der Waals surface area contributed by atoms with Crippen LogP contribution in [0, 0.1) is 23.2 Å². The molecule has 0 spiro atoms. The lowest BCUT2D eigenvalue weighted by Gasteiger charge is -2.35. The van der Waals surface area contributed by atoms with Crippen molar-refractivity contribution in [3.05, 3.63) is 28.9 Å². The van der Waals surface area contributed by atoms with Crippen LogP contribution in [0.5, 0.6) is 11.5 Å². The summed E-state index contributed by atoms with van der Waals surface area (Å²) in [6.45, 7) is 12.4. The largest absolute Gasteiger partial charge is 0.491 e. The summed E-state index contributed by atoms with van der Waals surface area (Å²) in [4.78, 5) is 48.6. The molecule has 7 rings (SSSR count). The van der Waals surface area contributed by atoms with E-state index in [-0.39, 0.29) is 19.1 Å². The molecular weight excluding hydrogens is 662 g/mol. The number of nitrogens with two attached hydrogens (primary N) is 1. The first-order chi connectivity index (χ1) is 23.9. The van der Waals surface area contributed by atoms with Crippen molar-refractivity contribution in [2.45, 2.75) is 90.0 Å². The van der Waals surface area contributed by atoms with E-state index < -0.39 is 41.5 Å². The number of nitrogens with zero attached hydrogens (tertiary/aromatic N) is 3. The van der Waals surface area contributed by atoms with Crippen LogP contribution in [0.2, 0.25) is 5.02 Å². The Hall–Kier alpha value is -3.35. The Bertz CT molecular complexity index is 1610. The molecule has 3 heterocycles. The van der Waals surface area contributed by atoms with Gasteiger partial charge in [0.15, 0.2) is 0 Å². The number of carbonyl (C=O) groups excluding carboxylic acids is 3. The SMILES string of the molecule is C[C@H]1[C@H]2C[C@@H](OC(=O)N[C@H](C(=O)N3CC(Oc4cc(C5CC5)nc5c(Cl)c(OCCN6CCOCC6)ccc45)C[C@H]3C(N)=O)C(C)(C)C)C[C@@H]12. The molecule has 3 saturated carbocycles. The summed E-state index contributed by atoms with van der Waals surface area (Å²) in [6, 6.07) is 3.84. The molecule has 5 fully saturated rings. The quantitative estimate of drug-likeness (QED) is 0.344. The van der Waals surface area contributed by atoms with Crippen molar-refractivity contribution in [3.8, 4) is 11.5 Å². The molecule has 272 valence electrons. The van der Waals surface area contributed by atoms with Gasteiger partial charge in [-0.15, -0.1) is 0 Å². The Labute approximate surface area is 298 Å². The number of likely N-dealkylation sites (tertiary alicyclic amines) is 1. The van der Waals surface area contributed by atoms with E-state index in [1.165, 1.54) is 4.90 Å². The van der Waals surface area contributed by atoms with Gasteiger partial charge in [0.2, 0.25) is 11.8 Å². The lowest BCUT2D eigenvalue weighted by molar-refractivity contribution is -0.141. The van der Waals surface area contributed by atoms with Gasteiger partial charge in [0, 0.05) is 49.1 Å². The summed E-state index contributed by atoms with van der Waals surface area (Å²) in [5, 5.41) is 3.97. The topological polar surface area (TPSA) is 146 Å². The molecule has 1 aromatic heterocycles. The lowest BCUT2D eigenvalue weighted by atomic mass is 9.85. The highest BCUT2D eigenvalue weighted by Crippen LogP contribution is 2.57. The van der Waals surface area contributed by atoms with E-state index in [4.69, 9.17) is 41.3 Å². The van der Waals surface area contributed by atoms with Gasteiger partial charge in [-0.05, 0) is 61.0 Å². The summed E-state index contributed by atoms with van der Waals surface area (Å²) in [5.41, 5.74) is 6.69. The van der Waals surface area contributed by atoms with E-state index in [1.54, 1.807) is 0 Å².